The fourth-order valence-corrected chi connectivity index (χ4v) is 5.75. The molecule has 3 aromatic carbocycles. The van der Waals surface area contributed by atoms with Gasteiger partial charge in [-0.05, 0) is 48.7 Å². The number of rotatable bonds is 8. The van der Waals surface area contributed by atoms with Crippen LogP contribution in [0.25, 0.3) is 0 Å². The zero-order valence-corrected chi connectivity index (χ0v) is 22.5. The SMILES string of the molecule is CCC(c1ccc(OC)c(OC)c1)N1C(=O)c2cccc(N3CCN(C(C)c4ccccc4)CC3)c2C1=O. The quantitative estimate of drug-likeness (QED) is 0.379. The molecule has 0 saturated carbocycles. The molecule has 2 aliphatic rings. The van der Waals surface area contributed by atoms with Gasteiger partial charge in [0.25, 0.3) is 11.8 Å². The van der Waals surface area contributed by atoms with Crippen LogP contribution in [0.15, 0.2) is 66.7 Å². The van der Waals surface area contributed by atoms with E-state index in [-0.39, 0.29) is 11.8 Å². The molecule has 0 bridgehead atoms. The molecule has 7 nitrogen and oxygen atoms in total. The van der Waals surface area contributed by atoms with Crippen LogP contribution in [0.4, 0.5) is 5.69 Å². The average Bonchev–Trinajstić information content (AvgIpc) is 3.23. The van der Waals surface area contributed by atoms with Crippen LogP contribution in [-0.4, -0.2) is 62.0 Å². The van der Waals surface area contributed by atoms with Crippen LogP contribution in [0.3, 0.4) is 0 Å². The Morgan fingerprint density at radius 1 is 0.789 bits per heavy atom. The monoisotopic (exact) mass is 513 g/mol. The van der Waals surface area contributed by atoms with E-state index in [1.807, 2.05) is 43.3 Å². The van der Waals surface area contributed by atoms with Gasteiger partial charge in [0, 0.05) is 32.2 Å². The van der Waals surface area contributed by atoms with E-state index >= 15 is 0 Å². The number of hydrogen-bond acceptors (Lipinski definition) is 6. The molecule has 2 unspecified atom stereocenters. The highest BCUT2D eigenvalue weighted by Gasteiger charge is 2.42. The van der Waals surface area contributed by atoms with Gasteiger partial charge in [-0.15, -0.1) is 0 Å². The van der Waals surface area contributed by atoms with Crippen molar-refractivity contribution >= 4 is 17.5 Å². The number of ether oxygens (including phenoxy) is 2. The summed E-state index contributed by atoms with van der Waals surface area (Å²) in [6.07, 6.45) is 0.590. The first kappa shape index (κ1) is 25.8. The number of benzene rings is 3. The summed E-state index contributed by atoms with van der Waals surface area (Å²) in [5.74, 6) is 0.701. The zero-order valence-electron chi connectivity index (χ0n) is 22.5. The van der Waals surface area contributed by atoms with Crippen LogP contribution >= 0.6 is 0 Å². The summed E-state index contributed by atoms with van der Waals surface area (Å²) in [5, 5.41) is 0. The normalized spacial score (nSPS) is 17.4. The lowest BCUT2D eigenvalue weighted by Crippen LogP contribution is -2.47. The number of carbonyl (C=O) groups excluding carboxylic acids is 2. The van der Waals surface area contributed by atoms with Gasteiger partial charge in [-0.3, -0.25) is 19.4 Å². The highest BCUT2D eigenvalue weighted by atomic mass is 16.5. The van der Waals surface area contributed by atoms with E-state index in [9.17, 15) is 9.59 Å². The Hall–Kier alpha value is -3.84. The molecule has 0 spiro atoms. The Morgan fingerprint density at radius 2 is 1.50 bits per heavy atom. The third-order valence-corrected chi connectivity index (χ3v) is 7.90. The second kappa shape index (κ2) is 10.9. The molecule has 0 aromatic heterocycles. The molecule has 3 aromatic rings. The Morgan fingerprint density at radius 3 is 2.16 bits per heavy atom. The smallest absolute Gasteiger partial charge is 0.264 e. The third-order valence-electron chi connectivity index (χ3n) is 7.90. The van der Waals surface area contributed by atoms with Gasteiger partial charge in [0.15, 0.2) is 11.5 Å². The molecule has 198 valence electrons. The lowest BCUT2D eigenvalue weighted by molar-refractivity contribution is 0.0577. The van der Waals surface area contributed by atoms with Crippen LogP contribution < -0.4 is 14.4 Å². The maximum absolute atomic E-state index is 13.9. The topological polar surface area (TPSA) is 62.3 Å². The van der Waals surface area contributed by atoms with Crippen molar-refractivity contribution in [1.29, 1.82) is 0 Å². The van der Waals surface area contributed by atoms with E-state index < -0.39 is 6.04 Å². The highest BCUT2D eigenvalue weighted by Crippen LogP contribution is 2.40. The number of hydrogen-bond donors (Lipinski definition) is 0. The Balaban J connectivity index is 1.38. The van der Waals surface area contributed by atoms with Gasteiger partial charge in [-0.2, -0.15) is 0 Å². The molecule has 2 aliphatic heterocycles. The molecule has 0 radical (unpaired) electrons. The van der Waals surface area contributed by atoms with Crippen LogP contribution in [-0.2, 0) is 0 Å². The van der Waals surface area contributed by atoms with Gasteiger partial charge < -0.3 is 14.4 Å². The fraction of sp³-hybridized carbons (Fsp3) is 0.355. The van der Waals surface area contributed by atoms with Crippen LogP contribution in [0, 0.1) is 0 Å². The number of piperazine rings is 1. The molecule has 7 heteroatoms. The largest absolute Gasteiger partial charge is 0.493 e. The molecule has 0 N–H and O–H groups in total. The number of nitrogens with zero attached hydrogens (tertiary/aromatic N) is 3. The maximum atomic E-state index is 13.9. The zero-order chi connectivity index (χ0) is 26.8. The van der Waals surface area contributed by atoms with E-state index in [1.165, 1.54) is 10.5 Å². The van der Waals surface area contributed by atoms with E-state index in [2.05, 4.69) is 41.0 Å². The van der Waals surface area contributed by atoms with Gasteiger partial charge in [0.1, 0.15) is 0 Å². The van der Waals surface area contributed by atoms with Gasteiger partial charge in [-0.1, -0.05) is 49.4 Å². The first-order chi connectivity index (χ1) is 18.5. The lowest BCUT2D eigenvalue weighted by Gasteiger charge is -2.39. The molecule has 0 aliphatic carbocycles. The fourth-order valence-electron chi connectivity index (χ4n) is 5.75. The first-order valence-corrected chi connectivity index (χ1v) is 13.2. The molecular formula is C31H35N3O4. The van der Waals surface area contributed by atoms with Gasteiger partial charge in [0.2, 0.25) is 0 Å². The summed E-state index contributed by atoms with van der Waals surface area (Å²) in [5.41, 5.74) is 3.98. The van der Waals surface area contributed by atoms with Crippen molar-refractivity contribution in [3.63, 3.8) is 0 Å². The summed E-state index contributed by atoms with van der Waals surface area (Å²) in [6, 6.07) is 21.7. The summed E-state index contributed by atoms with van der Waals surface area (Å²) in [4.78, 5) is 33.6. The number of carbonyl (C=O) groups is 2. The minimum atomic E-state index is -0.404. The van der Waals surface area contributed by atoms with Crippen molar-refractivity contribution < 1.29 is 19.1 Å². The Kier molecular flexibility index (Phi) is 7.38. The molecule has 1 saturated heterocycles. The van der Waals surface area contributed by atoms with Crippen molar-refractivity contribution in [3.8, 4) is 11.5 Å². The number of fused-ring (bicyclic) bond motifs is 1. The molecule has 2 heterocycles. The minimum Gasteiger partial charge on any atom is -0.493 e. The minimum absolute atomic E-state index is 0.234. The molecule has 2 atom stereocenters. The average molecular weight is 514 g/mol. The first-order valence-electron chi connectivity index (χ1n) is 13.2. The standard InChI is InChI=1S/C31H35N3O4/c1-5-25(23-14-15-27(37-3)28(20-23)38-4)34-30(35)24-12-9-13-26(29(24)31(34)36)33-18-16-32(17-19-33)21(2)22-10-7-6-8-11-22/h6-15,20-21,25H,5,16-19H2,1-4H3. The van der Waals surface area contributed by atoms with Crippen LogP contribution in [0.5, 0.6) is 11.5 Å². The Bertz CT molecular complexity index is 1320. The Labute approximate surface area is 224 Å². The predicted molar refractivity (Wildman–Crippen MR) is 148 cm³/mol. The van der Waals surface area contributed by atoms with Crippen molar-refractivity contribution in [1.82, 2.24) is 9.80 Å². The van der Waals surface area contributed by atoms with Crippen molar-refractivity contribution in [2.24, 2.45) is 0 Å². The van der Waals surface area contributed by atoms with E-state index in [1.54, 1.807) is 20.3 Å². The van der Waals surface area contributed by atoms with Gasteiger partial charge in [-0.25, -0.2) is 0 Å². The van der Waals surface area contributed by atoms with Crippen molar-refractivity contribution in [2.45, 2.75) is 32.4 Å². The second-order valence-corrected chi connectivity index (χ2v) is 9.83. The second-order valence-electron chi connectivity index (χ2n) is 9.83. The molecule has 2 amide bonds. The third kappa shape index (κ3) is 4.52. The maximum Gasteiger partial charge on any atom is 0.264 e. The summed E-state index contributed by atoms with van der Waals surface area (Å²) >= 11 is 0. The summed E-state index contributed by atoms with van der Waals surface area (Å²) in [7, 11) is 3.17. The molecule has 5 rings (SSSR count). The van der Waals surface area contributed by atoms with Crippen LogP contribution in [0.2, 0.25) is 0 Å². The van der Waals surface area contributed by atoms with E-state index in [0.717, 1.165) is 37.4 Å². The summed E-state index contributed by atoms with van der Waals surface area (Å²) in [6.45, 7) is 7.58. The highest BCUT2D eigenvalue weighted by molar-refractivity contribution is 6.24. The molecule has 38 heavy (non-hydrogen) atoms. The number of anilines is 1. The van der Waals surface area contributed by atoms with E-state index in [0.29, 0.717) is 35.1 Å². The van der Waals surface area contributed by atoms with Gasteiger partial charge >= 0.3 is 0 Å². The van der Waals surface area contributed by atoms with Crippen molar-refractivity contribution in [3.05, 3.63) is 89.0 Å². The molecular weight excluding hydrogens is 478 g/mol. The molecule has 1 fully saturated rings. The number of imide groups is 1. The van der Waals surface area contributed by atoms with Gasteiger partial charge in [0.05, 0.1) is 37.1 Å². The van der Waals surface area contributed by atoms with Crippen LogP contribution in [0.1, 0.15) is 64.2 Å². The lowest BCUT2D eigenvalue weighted by atomic mass is 10.0. The predicted octanol–water partition coefficient (Wildman–Crippen LogP) is 5.33. The number of methoxy groups -OCH3 is 2. The number of amides is 2. The van der Waals surface area contributed by atoms with E-state index in [4.69, 9.17) is 9.47 Å². The van der Waals surface area contributed by atoms with Crippen molar-refractivity contribution in [2.75, 3.05) is 45.3 Å². The summed E-state index contributed by atoms with van der Waals surface area (Å²) < 4.78 is 10.8.